The van der Waals surface area contributed by atoms with Gasteiger partial charge in [-0.2, -0.15) is 11.3 Å². The van der Waals surface area contributed by atoms with Crippen molar-refractivity contribution in [1.29, 1.82) is 0 Å². The summed E-state index contributed by atoms with van der Waals surface area (Å²) in [6, 6.07) is 8.20. The van der Waals surface area contributed by atoms with Crippen molar-refractivity contribution >= 4 is 17.2 Å². The summed E-state index contributed by atoms with van der Waals surface area (Å²) in [5, 5.41) is 3.89. The van der Waals surface area contributed by atoms with Crippen molar-refractivity contribution in [2.45, 2.75) is 38.3 Å². The second-order valence-corrected chi connectivity index (χ2v) is 6.85. The number of hydrogen-bond donors (Lipinski definition) is 0. The molecule has 1 aromatic heterocycles. The third-order valence-electron chi connectivity index (χ3n) is 4.58. The number of thiophene rings is 1. The van der Waals surface area contributed by atoms with E-state index in [1.807, 2.05) is 39.9 Å². The van der Waals surface area contributed by atoms with Gasteiger partial charge in [0.15, 0.2) is 11.5 Å². The molecule has 0 atom stereocenters. The highest BCUT2D eigenvalue weighted by Gasteiger charge is 2.28. The number of benzene rings is 1. The molecule has 1 aliphatic heterocycles. The zero-order valence-electron chi connectivity index (χ0n) is 12.9. The molecule has 1 amide bonds. The van der Waals surface area contributed by atoms with Crippen molar-refractivity contribution in [3.8, 4) is 11.5 Å². The summed E-state index contributed by atoms with van der Waals surface area (Å²) in [7, 11) is 0. The molecule has 0 unspecified atom stereocenters. The number of rotatable bonds is 4. The van der Waals surface area contributed by atoms with Crippen LogP contribution < -0.4 is 9.47 Å². The van der Waals surface area contributed by atoms with E-state index in [-0.39, 0.29) is 12.7 Å². The SMILES string of the molecule is O=C(c1ccsc1)N(Cc1ccc2c(c1)OCO2)C1CCCC1. The van der Waals surface area contributed by atoms with E-state index in [1.54, 1.807) is 11.3 Å². The van der Waals surface area contributed by atoms with Crippen LogP contribution in [0.25, 0.3) is 0 Å². The van der Waals surface area contributed by atoms with Crippen molar-refractivity contribution < 1.29 is 14.3 Å². The first-order valence-corrected chi connectivity index (χ1v) is 8.97. The van der Waals surface area contributed by atoms with Gasteiger partial charge in [0, 0.05) is 18.0 Å². The summed E-state index contributed by atoms with van der Waals surface area (Å²) in [5.41, 5.74) is 1.88. The Bertz CT molecular complexity index is 692. The Morgan fingerprint density at radius 2 is 2.00 bits per heavy atom. The van der Waals surface area contributed by atoms with Gasteiger partial charge in [-0.25, -0.2) is 0 Å². The topological polar surface area (TPSA) is 38.8 Å². The second kappa shape index (κ2) is 6.24. The van der Waals surface area contributed by atoms with Gasteiger partial charge in [0.05, 0.1) is 5.56 Å². The normalized spacial score (nSPS) is 16.7. The quantitative estimate of drug-likeness (QED) is 0.849. The van der Waals surface area contributed by atoms with Crippen LogP contribution in [0.2, 0.25) is 0 Å². The predicted molar refractivity (Wildman–Crippen MR) is 89.0 cm³/mol. The van der Waals surface area contributed by atoms with Crippen molar-refractivity contribution in [3.05, 3.63) is 46.2 Å². The van der Waals surface area contributed by atoms with E-state index in [0.717, 1.165) is 35.5 Å². The monoisotopic (exact) mass is 329 g/mol. The number of ether oxygens (including phenoxy) is 2. The minimum Gasteiger partial charge on any atom is -0.454 e. The number of hydrogen-bond acceptors (Lipinski definition) is 4. The highest BCUT2D eigenvalue weighted by Crippen LogP contribution is 2.34. The number of amides is 1. The van der Waals surface area contributed by atoms with Crippen LogP contribution in [0.1, 0.15) is 41.6 Å². The molecule has 1 aliphatic carbocycles. The van der Waals surface area contributed by atoms with Gasteiger partial charge in [0.1, 0.15) is 0 Å². The molecule has 0 saturated heterocycles. The lowest BCUT2D eigenvalue weighted by molar-refractivity contribution is 0.0665. The van der Waals surface area contributed by atoms with Gasteiger partial charge in [-0.05, 0) is 42.0 Å². The summed E-state index contributed by atoms with van der Waals surface area (Å²) in [6.45, 7) is 0.898. The van der Waals surface area contributed by atoms with Crippen LogP contribution >= 0.6 is 11.3 Å². The molecule has 1 aromatic carbocycles. The van der Waals surface area contributed by atoms with Crippen LogP contribution in [0, 0.1) is 0 Å². The van der Waals surface area contributed by atoms with Crippen LogP contribution in [0.4, 0.5) is 0 Å². The fourth-order valence-electron chi connectivity index (χ4n) is 3.37. The standard InChI is InChI=1S/C18H19NO3S/c20-18(14-7-8-23-11-14)19(15-3-1-2-4-15)10-13-5-6-16-17(9-13)22-12-21-16/h5-9,11,15H,1-4,10,12H2. The molecular weight excluding hydrogens is 310 g/mol. The summed E-state index contributed by atoms with van der Waals surface area (Å²) < 4.78 is 10.8. The summed E-state index contributed by atoms with van der Waals surface area (Å²) in [4.78, 5) is 14.9. The maximum atomic E-state index is 12.9. The summed E-state index contributed by atoms with van der Waals surface area (Å²) in [5.74, 6) is 1.69. The number of nitrogens with zero attached hydrogens (tertiary/aromatic N) is 1. The van der Waals surface area contributed by atoms with Crippen molar-refractivity contribution in [3.63, 3.8) is 0 Å². The van der Waals surface area contributed by atoms with Gasteiger partial charge in [-0.3, -0.25) is 4.79 Å². The van der Waals surface area contributed by atoms with Crippen molar-refractivity contribution in [2.24, 2.45) is 0 Å². The Hall–Kier alpha value is -2.01. The van der Waals surface area contributed by atoms with E-state index in [9.17, 15) is 4.79 Å². The average molecular weight is 329 g/mol. The van der Waals surface area contributed by atoms with Gasteiger partial charge in [0.25, 0.3) is 5.91 Å². The molecular formula is C18H19NO3S. The van der Waals surface area contributed by atoms with E-state index >= 15 is 0 Å². The summed E-state index contributed by atoms with van der Waals surface area (Å²) >= 11 is 1.57. The van der Waals surface area contributed by atoms with Gasteiger partial charge in [0.2, 0.25) is 6.79 Å². The number of carbonyl (C=O) groups excluding carboxylic acids is 1. The molecule has 2 heterocycles. The molecule has 4 rings (SSSR count). The first-order chi connectivity index (χ1) is 11.3. The maximum absolute atomic E-state index is 12.9. The largest absolute Gasteiger partial charge is 0.454 e. The van der Waals surface area contributed by atoms with Gasteiger partial charge in [-0.1, -0.05) is 18.9 Å². The molecule has 2 aromatic rings. The fraction of sp³-hybridized carbons (Fsp3) is 0.389. The minimum atomic E-state index is 0.135. The van der Waals surface area contributed by atoms with E-state index < -0.39 is 0 Å². The van der Waals surface area contributed by atoms with Crippen LogP contribution in [0.15, 0.2) is 35.0 Å². The average Bonchev–Trinajstić information content (AvgIpc) is 3.33. The molecule has 4 nitrogen and oxygen atoms in total. The fourth-order valence-corrected chi connectivity index (χ4v) is 4.00. The zero-order chi connectivity index (χ0) is 15.6. The first kappa shape index (κ1) is 14.6. The molecule has 0 N–H and O–H groups in total. The first-order valence-electron chi connectivity index (χ1n) is 8.03. The highest BCUT2D eigenvalue weighted by atomic mass is 32.1. The number of fused-ring (bicyclic) bond motifs is 1. The lowest BCUT2D eigenvalue weighted by Crippen LogP contribution is -2.38. The molecule has 0 bridgehead atoms. The Morgan fingerprint density at radius 3 is 2.78 bits per heavy atom. The lowest BCUT2D eigenvalue weighted by atomic mass is 10.1. The molecule has 1 saturated carbocycles. The smallest absolute Gasteiger partial charge is 0.255 e. The third kappa shape index (κ3) is 2.93. The molecule has 0 radical (unpaired) electrons. The van der Waals surface area contributed by atoms with Crippen molar-refractivity contribution in [1.82, 2.24) is 4.90 Å². The zero-order valence-corrected chi connectivity index (χ0v) is 13.7. The van der Waals surface area contributed by atoms with Crippen LogP contribution in [-0.4, -0.2) is 23.6 Å². The molecule has 1 fully saturated rings. The maximum Gasteiger partial charge on any atom is 0.255 e. The van der Waals surface area contributed by atoms with Crippen LogP contribution in [-0.2, 0) is 6.54 Å². The summed E-state index contributed by atoms with van der Waals surface area (Å²) in [6.07, 6.45) is 4.61. The number of carbonyl (C=O) groups is 1. The van der Waals surface area contributed by atoms with E-state index in [1.165, 1.54) is 12.8 Å². The molecule has 0 spiro atoms. The Kier molecular flexibility index (Phi) is 3.95. The van der Waals surface area contributed by atoms with E-state index in [4.69, 9.17) is 9.47 Å². The van der Waals surface area contributed by atoms with Gasteiger partial charge < -0.3 is 14.4 Å². The minimum absolute atomic E-state index is 0.135. The van der Waals surface area contributed by atoms with Crippen molar-refractivity contribution in [2.75, 3.05) is 6.79 Å². The lowest BCUT2D eigenvalue weighted by Gasteiger charge is -2.29. The third-order valence-corrected chi connectivity index (χ3v) is 5.27. The van der Waals surface area contributed by atoms with E-state index in [2.05, 4.69) is 0 Å². The Labute approximate surface area is 139 Å². The van der Waals surface area contributed by atoms with Crippen LogP contribution in [0.3, 0.4) is 0 Å². The predicted octanol–water partition coefficient (Wildman–Crippen LogP) is 4.06. The van der Waals surface area contributed by atoms with Gasteiger partial charge >= 0.3 is 0 Å². The Balaban J connectivity index is 1.59. The molecule has 5 heteroatoms. The molecule has 23 heavy (non-hydrogen) atoms. The second-order valence-electron chi connectivity index (χ2n) is 6.07. The van der Waals surface area contributed by atoms with Crippen LogP contribution in [0.5, 0.6) is 11.5 Å². The molecule has 2 aliphatic rings. The Morgan fingerprint density at radius 1 is 1.17 bits per heavy atom. The molecule has 120 valence electrons. The highest BCUT2D eigenvalue weighted by molar-refractivity contribution is 7.08. The van der Waals surface area contributed by atoms with E-state index in [0.29, 0.717) is 12.6 Å². The van der Waals surface area contributed by atoms with Gasteiger partial charge in [-0.15, -0.1) is 0 Å².